The van der Waals surface area contributed by atoms with Crippen molar-refractivity contribution in [1.82, 2.24) is 10.3 Å². The van der Waals surface area contributed by atoms with E-state index in [1.54, 1.807) is 0 Å². The second kappa shape index (κ2) is 6.85. The van der Waals surface area contributed by atoms with Crippen molar-refractivity contribution in [1.29, 1.82) is 0 Å². The number of amides is 2. The number of benzene rings is 1. The van der Waals surface area contributed by atoms with E-state index in [2.05, 4.69) is 15.6 Å². The summed E-state index contributed by atoms with van der Waals surface area (Å²) in [6.07, 6.45) is 0. The van der Waals surface area contributed by atoms with Gasteiger partial charge in [0.2, 0.25) is 0 Å². The Labute approximate surface area is 124 Å². The molecule has 0 bridgehead atoms. The van der Waals surface area contributed by atoms with Gasteiger partial charge in [0.1, 0.15) is 0 Å². The molecule has 21 heavy (non-hydrogen) atoms. The molecular weight excluding hydrogens is 264 g/mol. The standard InChI is InChI=1S/C16H20N4O/c1-11-4-3-5-15(19-11)10-18-16(21)20-14-8-6-13(7-9-14)12(2)17/h3-9,12H,10,17H2,1-2H3,(H2,18,20,21). The predicted octanol–water partition coefficient (Wildman–Crippen LogP) is 2.73. The molecule has 0 aliphatic carbocycles. The quantitative estimate of drug-likeness (QED) is 0.807. The number of aromatic nitrogens is 1. The molecule has 2 aromatic rings. The molecule has 0 aliphatic rings. The highest BCUT2D eigenvalue weighted by Gasteiger charge is 2.04. The van der Waals surface area contributed by atoms with Gasteiger partial charge in [-0.2, -0.15) is 0 Å². The molecule has 0 radical (unpaired) electrons. The van der Waals surface area contributed by atoms with Crippen LogP contribution in [-0.4, -0.2) is 11.0 Å². The summed E-state index contributed by atoms with van der Waals surface area (Å²) in [7, 11) is 0. The van der Waals surface area contributed by atoms with Gasteiger partial charge in [0.05, 0.1) is 12.2 Å². The molecule has 0 fully saturated rings. The Morgan fingerprint density at radius 2 is 1.95 bits per heavy atom. The Morgan fingerprint density at radius 1 is 1.24 bits per heavy atom. The lowest BCUT2D eigenvalue weighted by Gasteiger charge is -2.09. The monoisotopic (exact) mass is 284 g/mol. The molecule has 1 heterocycles. The number of carbonyl (C=O) groups is 1. The van der Waals surface area contributed by atoms with Crippen LogP contribution in [0.3, 0.4) is 0 Å². The molecule has 2 rings (SSSR count). The number of nitrogens with zero attached hydrogens (tertiary/aromatic N) is 1. The van der Waals surface area contributed by atoms with Crippen LogP contribution in [0, 0.1) is 6.92 Å². The summed E-state index contributed by atoms with van der Waals surface area (Å²) in [6.45, 7) is 4.24. The first-order valence-corrected chi connectivity index (χ1v) is 6.87. The first kappa shape index (κ1) is 15.0. The van der Waals surface area contributed by atoms with Crippen LogP contribution in [0.1, 0.15) is 29.9 Å². The van der Waals surface area contributed by atoms with Gasteiger partial charge in [-0.15, -0.1) is 0 Å². The van der Waals surface area contributed by atoms with Crippen LogP contribution in [0.5, 0.6) is 0 Å². The summed E-state index contributed by atoms with van der Waals surface area (Å²) >= 11 is 0. The third-order valence-electron chi connectivity index (χ3n) is 3.07. The van der Waals surface area contributed by atoms with Crippen LogP contribution in [0.2, 0.25) is 0 Å². The first-order valence-electron chi connectivity index (χ1n) is 6.87. The van der Waals surface area contributed by atoms with Crippen LogP contribution in [0.15, 0.2) is 42.5 Å². The van der Waals surface area contributed by atoms with Gasteiger partial charge in [-0.25, -0.2) is 4.79 Å². The Morgan fingerprint density at radius 3 is 2.57 bits per heavy atom. The lowest BCUT2D eigenvalue weighted by molar-refractivity contribution is 0.251. The van der Waals surface area contributed by atoms with Crippen molar-refractivity contribution in [3.8, 4) is 0 Å². The molecule has 4 N–H and O–H groups in total. The van der Waals surface area contributed by atoms with Crippen LogP contribution < -0.4 is 16.4 Å². The fourth-order valence-corrected chi connectivity index (χ4v) is 1.91. The zero-order valence-electron chi connectivity index (χ0n) is 12.3. The average Bonchev–Trinajstić information content (AvgIpc) is 2.46. The van der Waals surface area contributed by atoms with E-state index in [9.17, 15) is 4.79 Å². The SMILES string of the molecule is Cc1cccc(CNC(=O)Nc2ccc(C(C)N)cc2)n1. The first-order chi connectivity index (χ1) is 10.0. The van der Waals surface area contributed by atoms with E-state index in [1.807, 2.05) is 56.3 Å². The summed E-state index contributed by atoms with van der Waals surface area (Å²) in [5, 5.41) is 5.55. The lowest BCUT2D eigenvalue weighted by Crippen LogP contribution is -2.28. The molecule has 1 aromatic heterocycles. The highest BCUT2D eigenvalue weighted by Crippen LogP contribution is 2.13. The number of nitrogens with one attached hydrogen (secondary N) is 2. The van der Waals surface area contributed by atoms with Gasteiger partial charge in [0.15, 0.2) is 0 Å². The highest BCUT2D eigenvalue weighted by atomic mass is 16.2. The van der Waals surface area contributed by atoms with E-state index in [-0.39, 0.29) is 12.1 Å². The second-order valence-corrected chi connectivity index (χ2v) is 4.99. The van der Waals surface area contributed by atoms with Crippen molar-refractivity contribution in [2.45, 2.75) is 26.4 Å². The minimum absolute atomic E-state index is 0.0136. The van der Waals surface area contributed by atoms with Gasteiger partial charge < -0.3 is 16.4 Å². The van der Waals surface area contributed by atoms with Gasteiger partial charge in [-0.1, -0.05) is 18.2 Å². The molecule has 0 saturated heterocycles. The molecule has 5 heteroatoms. The third kappa shape index (κ3) is 4.57. The molecule has 5 nitrogen and oxygen atoms in total. The molecule has 0 spiro atoms. The highest BCUT2D eigenvalue weighted by molar-refractivity contribution is 5.89. The van der Waals surface area contributed by atoms with Gasteiger partial charge in [-0.05, 0) is 43.7 Å². The number of pyridine rings is 1. The largest absolute Gasteiger partial charge is 0.332 e. The predicted molar refractivity (Wildman–Crippen MR) is 83.9 cm³/mol. The average molecular weight is 284 g/mol. The van der Waals surface area contributed by atoms with Crippen LogP contribution in [0.4, 0.5) is 10.5 Å². The number of rotatable bonds is 4. The number of nitrogens with two attached hydrogens (primary N) is 1. The zero-order valence-corrected chi connectivity index (χ0v) is 12.3. The number of anilines is 1. The van der Waals surface area contributed by atoms with E-state index in [4.69, 9.17) is 5.73 Å². The van der Waals surface area contributed by atoms with E-state index in [0.717, 1.165) is 22.6 Å². The Hall–Kier alpha value is -2.40. The van der Waals surface area contributed by atoms with Crippen molar-refractivity contribution >= 4 is 11.7 Å². The molecule has 110 valence electrons. The number of carbonyl (C=O) groups excluding carboxylic acids is 1. The van der Waals surface area contributed by atoms with E-state index < -0.39 is 0 Å². The summed E-state index contributed by atoms with van der Waals surface area (Å²) < 4.78 is 0. The zero-order chi connectivity index (χ0) is 15.2. The topological polar surface area (TPSA) is 80.0 Å². The maximum absolute atomic E-state index is 11.8. The minimum atomic E-state index is -0.258. The smallest absolute Gasteiger partial charge is 0.319 e. The Balaban J connectivity index is 1.87. The molecule has 0 saturated carbocycles. The van der Waals surface area contributed by atoms with Crippen LogP contribution in [-0.2, 0) is 6.54 Å². The normalized spacial score (nSPS) is 11.8. The molecule has 2 amide bonds. The number of urea groups is 1. The Bertz CT molecular complexity index is 608. The molecular formula is C16H20N4O. The summed E-state index contributed by atoms with van der Waals surface area (Å²) in [5.74, 6) is 0. The maximum atomic E-state index is 11.8. The van der Waals surface area contributed by atoms with Gasteiger partial charge in [0, 0.05) is 17.4 Å². The summed E-state index contributed by atoms with van der Waals surface area (Å²) in [4.78, 5) is 16.1. The molecule has 1 atom stereocenters. The van der Waals surface area contributed by atoms with Crippen molar-refractivity contribution < 1.29 is 4.79 Å². The van der Waals surface area contributed by atoms with E-state index >= 15 is 0 Å². The Kier molecular flexibility index (Phi) is 4.90. The fraction of sp³-hybridized carbons (Fsp3) is 0.250. The summed E-state index contributed by atoms with van der Waals surface area (Å²) in [6, 6.07) is 12.9. The lowest BCUT2D eigenvalue weighted by atomic mass is 10.1. The number of hydrogen-bond donors (Lipinski definition) is 3. The number of aryl methyl sites for hydroxylation is 1. The molecule has 1 unspecified atom stereocenters. The van der Waals surface area contributed by atoms with Crippen LogP contribution >= 0.6 is 0 Å². The van der Waals surface area contributed by atoms with Crippen molar-refractivity contribution in [3.05, 3.63) is 59.4 Å². The fourth-order valence-electron chi connectivity index (χ4n) is 1.91. The van der Waals surface area contributed by atoms with Crippen LogP contribution in [0.25, 0.3) is 0 Å². The van der Waals surface area contributed by atoms with Gasteiger partial charge in [-0.3, -0.25) is 4.98 Å². The number of hydrogen-bond acceptors (Lipinski definition) is 3. The maximum Gasteiger partial charge on any atom is 0.319 e. The summed E-state index contributed by atoms with van der Waals surface area (Å²) in [5.41, 5.74) is 9.31. The van der Waals surface area contributed by atoms with E-state index in [1.165, 1.54) is 0 Å². The van der Waals surface area contributed by atoms with Gasteiger partial charge in [0.25, 0.3) is 0 Å². The third-order valence-corrected chi connectivity index (χ3v) is 3.07. The second-order valence-electron chi connectivity index (χ2n) is 4.99. The molecule has 1 aromatic carbocycles. The van der Waals surface area contributed by atoms with Crippen molar-refractivity contribution in [3.63, 3.8) is 0 Å². The molecule has 0 aliphatic heterocycles. The van der Waals surface area contributed by atoms with Gasteiger partial charge >= 0.3 is 6.03 Å². The van der Waals surface area contributed by atoms with Crippen molar-refractivity contribution in [2.75, 3.05) is 5.32 Å². The van der Waals surface area contributed by atoms with E-state index in [0.29, 0.717) is 6.54 Å². The minimum Gasteiger partial charge on any atom is -0.332 e. The van der Waals surface area contributed by atoms with Crippen molar-refractivity contribution in [2.24, 2.45) is 5.73 Å².